The summed E-state index contributed by atoms with van der Waals surface area (Å²) in [4.78, 5) is 0. The van der Waals surface area contributed by atoms with Gasteiger partial charge in [-0.2, -0.15) is 13.7 Å². The smallest absolute Gasteiger partial charge is 0.264 e. The van der Waals surface area contributed by atoms with Crippen molar-refractivity contribution in [3.63, 3.8) is 0 Å². The van der Waals surface area contributed by atoms with E-state index in [1.54, 1.807) is 6.07 Å². The predicted molar refractivity (Wildman–Crippen MR) is 55.6 cm³/mol. The number of aryl methyl sites for hydroxylation is 1. The maximum Gasteiger partial charge on any atom is 0.264 e. The maximum absolute atomic E-state index is 13.2. The van der Waals surface area contributed by atoms with Gasteiger partial charge in [-0.3, -0.25) is 4.18 Å². The van der Waals surface area contributed by atoms with Crippen LogP contribution in [0.25, 0.3) is 0 Å². The summed E-state index contributed by atoms with van der Waals surface area (Å²) in [6, 6.07) is 4.09. The normalized spacial score (nSPS) is 16.6. The van der Waals surface area contributed by atoms with Gasteiger partial charge in [-0.25, -0.2) is 4.39 Å². The molecule has 0 aliphatic rings. The molecular formula is C10H10FNO3S. The molecule has 0 unspecified atom stereocenters. The lowest BCUT2D eigenvalue weighted by atomic mass is 10.1. The lowest BCUT2D eigenvalue weighted by Crippen LogP contribution is -2.07. The van der Waals surface area contributed by atoms with Crippen molar-refractivity contribution in [3.05, 3.63) is 35.1 Å². The highest BCUT2D eigenvalue weighted by Crippen LogP contribution is 2.11. The molecule has 0 amide bonds. The number of halogens is 1. The van der Waals surface area contributed by atoms with Gasteiger partial charge in [0.2, 0.25) is 0 Å². The van der Waals surface area contributed by atoms with E-state index in [9.17, 15) is 12.8 Å². The molecule has 0 atom stereocenters. The zero-order valence-electron chi connectivity index (χ0n) is 12.2. The fourth-order valence-electron chi connectivity index (χ4n) is 0.869. The molecule has 1 rings (SSSR count). The third-order valence-electron chi connectivity index (χ3n) is 1.48. The molecule has 0 heterocycles. The Balaban J connectivity index is 3.43. The Labute approximate surface area is 99.0 Å². The van der Waals surface area contributed by atoms with Gasteiger partial charge in [0, 0.05) is 2.74 Å². The molecule has 16 heavy (non-hydrogen) atoms. The Morgan fingerprint density at radius 3 is 2.88 bits per heavy atom. The largest absolute Gasteiger partial charge is 0.270 e. The quantitative estimate of drug-likeness (QED) is 0.750. The molecule has 0 bridgehead atoms. The van der Waals surface area contributed by atoms with Crippen LogP contribution in [0, 0.1) is 17.1 Å². The molecule has 1 aromatic carbocycles. The van der Waals surface area contributed by atoms with Gasteiger partial charge in [0.25, 0.3) is 10.1 Å². The van der Waals surface area contributed by atoms with Crippen molar-refractivity contribution in [2.45, 2.75) is 6.37 Å². The minimum Gasteiger partial charge on any atom is -0.270 e. The number of nitrogens with zero attached hydrogens (tertiary/aromatic N) is 1. The van der Waals surface area contributed by atoms with Crippen molar-refractivity contribution in [2.24, 2.45) is 0 Å². The Morgan fingerprint density at radius 1 is 1.62 bits per heavy atom. The van der Waals surface area contributed by atoms with Crippen molar-refractivity contribution in [1.82, 2.24) is 0 Å². The Morgan fingerprint density at radius 2 is 2.31 bits per heavy atom. The van der Waals surface area contributed by atoms with Crippen molar-refractivity contribution in [1.29, 1.82) is 5.26 Å². The van der Waals surface area contributed by atoms with Crippen LogP contribution >= 0.6 is 0 Å². The van der Waals surface area contributed by atoms with Crippen molar-refractivity contribution in [2.75, 3.05) is 12.8 Å². The lowest BCUT2D eigenvalue weighted by molar-refractivity contribution is 0.325. The van der Waals surface area contributed by atoms with E-state index < -0.39 is 34.4 Å². The highest BCUT2D eigenvalue weighted by atomic mass is 32.2. The Bertz CT molecular complexity index is 670. The molecule has 1 aromatic rings. The van der Waals surface area contributed by atoms with Crippen LogP contribution in [-0.4, -0.2) is 21.2 Å². The van der Waals surface area contributed by atoms with E-state index in [1.807, 2.05) is 0 Å². The van der Waals surface area contributed by atoms with Gasteiger partial charge < -0.3 is 0 Å². The number of benzene rings is 1. The zero-order chi connectivity index (χ0) is 15.8. The number of rotatable bonds is 4. The second kappa shape index (κ2) is 5.05. The third kappa shape index (κ3) is 3.96. The molecule has 86 valence electrons. The summed E-state index contributed by atoms with van der Waals surface area (Å²) < 4.78 is 69.4. The first kappa shape index (κ1) is 7.76. The average molecular weight is 247 g/mol. The summed E-state index contributed by atoms with van der Waals surface area (Å²) in [5, 5.41) is 8.85. The first-order chi connectivity index (χ1) is 8.90. The third-order valence-corrected chi connectivity index (χ3v) is 1.87. The summed E-state index contributed by atoms with van der Waals surface area (Å²) in [5.41, 5.74) is -0.953. The number of hydrogen-bond donors (Lipinski definition) is 0. The highest BCUT2D eigenvalue weighted by molar-refractivity contribution is 7.85. The van der Waals surface area contributed by atoms with E-state index in [2.05, 4.69) is 4.18 Å². The van der Waals surface area contributed by atoms with E-state index in [4.69, 9.17) is 10.7 Å². The van der Waals surface area contributed by atoms with Gasteiger partial charge in [0.1, 0.15) is 5.82 Å². The maximum atomic E-state index is 13.2. The van der Waals surface area contributed by atoms with Crippen LogP contribution in [0.4, 0.5) is 4.39 Å². The average Bonchev–Trinajstić information content (AvgIpc) is 2.25. The van der Waals surface area contributed by atoms with Crippen LogP contribution in [0.2, 0.25) is 0 Å². The summed E-state index contributed by atoms with van der Waals surface area (Å²) >= 11 is 0. The van der Waals surface area contributed by atoms with E-state index in [0.29, 0.717) is 12.3 Å². The predicted octanol–water partition coefficient (Wildman–Crippen LogP) is 1.22. The minimum absolute atomic E-state index is 0.322. The van der Waals surface area contributed by atoms with E-state index in [0.717, 1.165) is 12.1 Å². The van der Waals surface area contributed by atoms with Crippen molar-refractivity contribution in [3.8, 4) is 6.07 Å². The molecule has 0 N–H and O–H groups in total. The zero-order valence-corrected chi connectivity index (χ0v) is 9.01. The van der Waals surface area contributed by atoms with E-state index in [1.165, 1.54) is 0 Å². The van der Waals surface area contributed by atoms with E-state index >= 15 is 0 Å². The molecule has 4 nitrogen and oxygen atoms in total. The lowest BCUT2D eigenvalue weighted by Gasteiger charge is -2.04. The monoisotopic (exact) mass is 247 g/mol. The van der Waals surface area contributed by atoms with Crippen LogP contribution in [-0.2, 0) is 20.7 Å². The topological polar surface area (TPSA) is 67.2 Å². The molecule has 0 fully saturated rings. The SMILES string of the molecule is [2H]C([2H])(OS(C)(=O)=O)C([2H])([2H])c1cc(F)ccc1C#N. The van der Waals surface area contributed by atoms with Gasteiger partial charge in [-0.05, 0) is 30.1 Å². The van der Waals surface area contributed by atoms with Crippen LogP contribution in [0.3, 0.4) is 0 Å². The Hall–Kier alpha value is -1.45. The molecular weight excluding hydrogens is 233 g/mol. The summed E-state index contributed by atoms with van der Waals surface area (Å²) in [5.74, 6) is -0.891. The Kier molecular flexibility index (Phi) is 2.45. The summed E-state index contributed by atoms with van der Waals surface area (Å²) in [7, 11) is -4.29. The number of hydrogen-bond acceptors (Lipinski definition) is 4. The fourth-order valence-corrected chi connectivity index (χ4v) is 1.06. The molecule has 0 spiro atoms. The molecule has 0 saturated carbocycles. The standard InChI is InChI=1S/C10H10FNO3S/c1-16(13,14)15-5-4-8-6-10(11)3-2-9(8)7-12/h2-3,6H,4-5H2,1H3/i4D2,5D2. The first-order valence-electron chi connectivity index (χ1n) is 6.01. The van der Waals surface area contributed by atoms with Crippen LogP contribution in [0.5, 0.6) is 0 Å². The molecule has 0 saturated heterocycles. The van der Waals surface area contributed by atoms with Gasteiger partial charge >= 0.3 is 0 Å². The summed E-state index contributed by atoms with van der Waals surface area (Å²) in [6.07, 6.45) is -2.50. The number of nitriles is 1. The van der Waals surface area contributed by atoms with Gasteiger partial charge in [-0.15, -0.1) is 0 Å². The second-order valence-electron chi connectivity index (χ2n) is 2.82. The first-order valence-corrected chi connectivity index (χ1v) is 5.83. The van der Waals surface area contributed by atoms with Crippen LogP contribution < -0.4 is 0 Å². The molecule has 0 aliphatic heterocycles. The fraction of sp³-hybridized carbons (Fsp3) is 0.300. The minimum atomic E-state index is -4.29. The molecule has 0 aromatic heterocycles. The molecule has 0 radical (unpaired) electrons. The van der Waals surface area contributed by atoms with Crippen molar-refractivity contribution >= 4 is 10.1 Å². The van der Waals surface area contributed by atoms with Gasteiger partial charge in [0.05, 0.1) is 27.2 Å². The van der Waals surface area contributed by atoms with Crippen LogP contribution in [0.1, 0.15) is 16.6 Å². The van der Waals surface area contributed by atoms with Crippen molar-refractivity contribution < 1.29 is 22.5 Å². The second-order valence-corrected chi connectivity index (χ2v) is 4.39. The molecule has 0 aliphatic carbocycles. The summed E-state index contributed by atoms with van der Waals surface area (Å²) in [6.45, 7) is -3.31. The molecule has 6 heteroatoms. The highest BCUT2D eigenvalue weighted by Gasteiger charge is 2.06. The van der Waals surface area contributed by atoms with Crippen LogP contribution in [0.15, 0.2) is 18.2 Å². The van der Waals surface area contributed by atoms with Gasteiger partial charge in [0.15, 0.2) is 0 Å². The van der Waals surface area contributed by atoms with Gasteiger partial charge in [-0.1, -0.05) is 0 Å². The van der Waals surface area contributed by atoms with E-state index in [-0.39, 0.29) is 5.56 Å².